The number of aromatic nitrogens is 2. The summed E-state index contributed by atoms with van der Waals surface area (Å²) in [6, 6.07) is 11.4. The standard InChI is InChI=1S/C18H25N5O2S/c19-17-6-10-20-18(22-17)21-14-16-7-11-23(12-8-16)26(24,25)13-9-15-4-2-1-3-5-15/h1-6,10,16H,7-9,11-14H2,(H3,19,20,21,22). The van der Waals surface area contributed by atoms with Gasteiger partial charge in [-0.2, -0.15) is 4.98 Å². The van der Waals surface area contributed by atoms with Crippen LogP contribution in [0.1, 0.15) is 18.4 Å². The van der Waals surface area contributed by atoms with Crippen molar-refractivity contribution < 1.29 is 8.42 Å². The summed E-state index contributed by atoms with van der Waals surface area (Å²) in [6.07, 6.45) is 3.84. The van der Waals surface area contributed by atoms with E-state index in [4.69, 9.17) is 5.73 Å². The van der Waals surface area contributed by atoms with E-state index in [-0.39, 0.29) is 5.75 Å². The number of aryl methyl sites for hydroxylation is 1. The molecule has 1 aliphatic heterocycles. The third kappa shape index (κ3) is 5.15. The van der Waals surface area contributed by atoms with Gasteiger partial charge in [0.2, 0.25) is 16.0 Å². The number of hydrogen-bond acceptors (Lipinski definition) is 6. The molecule has 1 aromatic heterocycles. The Balaban J connectivity index is 1.45. The Morgan fingerprint density at radius 1 is 1.15 bits per heavy atom. The minimum atomic E-state index is -3.21. The Morgan fingerprint density at radius 3 is 2.58 bits per heavy atom. The van der Waals surface area contributed by atoms with Gasteiger partial charge >= 0.3 is 0 Å². The van der Waals surface area contributed by atoms with Crippen LogP contribution in [0, 0.1) is 5.92 Å². The number of benzene rings is 1. The summed E-state index contributed by atoms with van der Waals surface area (Å²) < 4.78 is 26.7. The van der Waals surface area contributed by atoms with Crippen LogP contribution in [0.25, 0.3) is 0 Å². The lowest BCUT2D eigenvalue weighted by Crippen LogP contribution is -2.41. The summed E-state index contributed by atoms with van der Waals surface area (Å²) in [5, 5.41) is 3.19. The molecule has 7 nitrogen and oxygen atoms in total. The van der Waals surface area contributed by atoms with Crippen molar-refractivity contribution in [2.45, 2.75) is 19.3 Å². The Kier molecular flexibility index (Phi) is 6.05. The molecule has 2 aromatic rings. The largest absolute Gasteiger partial charge is 0.384 e. The second-order valence-corrected chi connectivity index (χ2v) is 8.67. The van der Waals surface area contributed by atoms with Gasteiger partial charge in [-0.05, 0) is 36.8 Å². The van der Waals surface area contributed by atoms with Gasteiger partial charge in [0, 0.05) is 25.8 Å². The molecule has 0 radical (unpaired) electrons. The molecule has 1 saturated heterocycles. The number of nitrogens with one attached hydrogen (secondary N) is 1. The number of sulfonamides is 1. The molecule has 0 aliphatic carbocycles. The maximum Gasteiger partial charge on any atom is 0.224 e. The normalized spacial score (nSPS) is 16.5. The van der Waals surface area contributed by atoms with Crippen LogP contribution in [0.2, 0.25) is 0 Å². The SMILES string of the molecule is Nc1ccnc(NCC2CCN(S(=O)(=O)CCc3ccccc3)CC2)n1. The van der Waals surface area contributed by atoms with Gasteiger partial charge in [-0.1, -0.05) is 30.3 Å². The van der Waals surface area contributed by atoms with Crippen molar-refractivity contribution in [1.29, 1.82) is 0 Å². The van der Waals surface area contributed by atoms with E-state index in [1.54, 1.807) is 16.6 Å². The molecule has 1 aliphatic rings. The van der Waals surface area contributed by atoms with Crippen LogP contribution < -0.4 is 11.1 Å². The summed E-state index contributed by atoms with van der Waals surface area (Å²) >= 11 is 0. The molecule has 140 valence electrons. The minimum Gasteiger partial charge on any atom is -0.384 e. The molecule has 1 aromatic carbocycles. The maximum absolute atomic E-state index is 12.6. The van der Waals surface area contributed by atoms with Crippen molar-refractivity contribution >= 4 is 21.8 Å². The molecule has 0 saturated carbocycles. The van der Waals surface area contributed by atoms with E-state index in [1.807, 2.05) is 30.3 Å². The zero-order valence-corrected chi connectivity index (χ0v) is 15.5. The van der Waals surface area contributed by atoms with Crippen LogP contribution >= 0.6 is 0 Å². The van der Waals surface area contributed by atoms with Crippen LogP contribution in [0.5, 0.6) is 0 Å². The fourth-order valence-corrected chi connectivity index (χ4v) is 4.62. The van der Waals surface area contributed by atoms with Crippen molar-refractivity contribution in [2.24, 2.45) is 5.92 Å². The molecule has 3 N–H and O–H groups in total. The predicted molar refractivity (Wildman–Crippen MR) is 103 cm³/mol. The monoisotopic (exact) mass is 375 g/mol. The summed E-state index contributed by atoms with van der Waals surface area (Å²) in [5.74, 6) is 1.52. The number of nitrogen functional groups attached to an aromatic ring is 1. The lowest BCUT2D eigenvalue weighted by atomic mass is 9.98. The predicted octanol–water partition coefficient (Wildman–Crippen LogP) is 1.76. The van der Waals surface area contributed by atoms with Crippen molar-refractivity contribution in [2.75, 3.05) is 36.4 Å². The summed E-state index contributed by atoms with van der Waals surface area (Å²) in [7, 11) is -3.21. The summed E-state index contributed by atoms with van der Waals surface area (Å²) in [5.41, 5.74) is 6.69. The van der Waals surface area contributed by atoms with Crippen molar-refractivity contribution in [3.63, 3.8) is 0 Å². The quantitative estimate of drug-likeness (QED) is 0.765. The molecule has 0 atom stereocenters. The van der Waals surface area contributed by atoms with E-state index in [0.29, 0.717) is 37.2 Å². The molecule has 1 fully saturated rings. The highest BCUT2D eigenvalue weighted by Crippen LogP contribution is 2.20. The van der Waals surface area contributed by atoms with E-state index in [2.05, 4.69) is 15.3 Å². The highest BCUT2D eigenvalue weighted by molar-refractivity contribution is 7.89. The van der Waals surface area contributed by atoms with Gasteiger partial charge in [0.25, 0.3) is 0 Å². The number of piperidine rings is 1. The molecule has 2 heterocycles. The highest BCUT2D eigenvalue weighted by atomic mass is 32.2. The van der Waals surface area contributed by atoms with E-state index in [1.165, 1.54) is 0 Å². The van der Waals surface area contributed by atoms with Gasteiger partial charge in [-0.3, -0.25) is 0 Å². The van der Waals surface area contributed by atoms with Gasteiger partial charge < -0.3 is 11.1 Å². The van der Waals surface area contributed by atoms with Gasteiger partial charge in [0.1, 0.15) is 5.82 Å². The zero-order valence-electron chi connectivity index (χ0n) is 14.7. The second-order valence-electron chi connectivity index (χ2n) is 6.58. The third-order valence-corrected chi connectivity index (χ3v) is 6.56. The van der Waals surface area contributed by atoms with E-state index in [0.717, 1.165) is 24.9 Å². The molecule has 0 amide bonds. The van der Waals surface area contributed by atoms with Crippen LogP contribution in [0.4, 0.5) is 11.8 Å². The number of hydrogen-bond donors (Lipinski definition) is 2. The molecule has 3 rings (SSSR count). The van der Waals surface area contributed by atoms with Crippen LogP contribution in [0.3, 0.4) is 0 Å². The van der Waals surface area contributed by atoms with E-state index in [9.17, 15) is 8.42 Å². The third-order valence-electron chi connectivity index (χ3n) is 4.68. The first-order valence-electron chi connectivity index (χ1n) is 8.87. The van der Waals surface area contributed by atoms with E-state index >= 15 is 0 Å². The number of rotatable bonds is 7. The molecule has 0 spiro atoms. The lowest BCUT2D eigenvalue weighted by Gasteiger charge is -2.31. The van der Waals surface area contributed by atoms with Gasteiger partial charge in [0.15, 0.2) is 0 Å². The fourth-order valence-electron chi connectivity index (χ4n) is 3.11. The van der Waals surface area contributed by atoms with Crippen LogP contribution in [0.15, 0.2) is 42.6 Å². The summed E-state index contributed by atoms with van der Waals surface area (Å²) in [6.45, 7) is 1.86. The first-order valence-corrected chi connectivity index (χ1v) is 10.5. The topological polar surface area (TPSA) is 101 Å². The first kappa shape index (κ1) is 18.6. The Bertz CT molecular complexity index is 805. The highest BCUT2D eigenvalue weighted by Gasteiger charge is 2.27. The van der Waals surface area contributed by atoms with Gasteiger partial charge in [-0.25, -0.2) is 17.7 Å². The van der Waals surface area contributed by atoms with E-state index < -0.39 is 10.0 Å². The molecular formula is C18H25N5O2S. The number of anilines is 2. The Hall–Kier alpha value is -2.19. The van der Waals surface area contributed by atoms with Crippen molar-refractivity contribution in [3.05, 3.63) is 48.2 Å². The second kappa shape index (κ2) is 8.46. The Morgan fingerprint density at radius 2 is 1.88 bits per heavy atom. The van der Waals surface area contributed by atoms with Crippen LogP contribution in [-0.4, -0.2) is 48.1 Å². The maximum atomic E-state index is 12.6. The number of nitrogens with two attached hydrogens (primary N) is 1. The van der Waals surface area contributed by atoms with Gasteiger partial charge in [0.05, 0.1) is 5.75 Å². The molecule has 8 heteroatoms. The molecular weight excluding hydrogens is 350 g/mol. The summed E-state index contributed by atoms with van der Waals surface area (Å²) in [4.78, 5) is 8.24. The zero-order chi connectivity index (χ0) is 18.4. The van der Waals surface area contributed by atoms with Crippen molar-refractivity contribution in [3.8, 4) is 0 Å². The molecule has 0 unspecified atom stereocenters. The average Bonchev–Trinajstić information content (AvgIpc) is 2.66. The minimum absolute atomic E-state index is 0.164. The average molecular weight is 375 g/mol. The first-order chi connectivity index (χ1) is 12.5. The van der Waals surface area contributed by atoms with Gasteiger partial charge in [-0.15, -0.1) is 0 Å². The van der Waals surface area contributed by atoms with Crippen LogP contribution in [-0.2, 0) is 16.4 Å². The van der Waals surface area contributed by atoms with Crippen molar-refractivity contribution in [1.82, 2.24) is 14.3 Å². The lowest BCUT2D eigenvalue weighted by molar-refractivity contribution is 0.282. The fraction of sp³-hybridized carbons (Fsp3) is 0.444. The molecule has 0 bridgehead atoms. The number of nitrogens with zero attached hydrogens (tertiary/aromatic N) is 3. The Labute approximate surface area is 154 Å². The smallest absolute Gasteiger partial charge is 0.224 e. The molecule has 26 heavy (non-hydrogen) atoms.